The van der Waals surface area contributed by atoms with E-state index in [1.54, 1.807) is 12.1 Å². The van der Waals surface area contributed by atoms with Crippen LogP contribution < -0.4 is 5.32 Å². The molecule has 1 aromatic rings. The molecule has 0 spiro atoms. The molecule has 20 heavy (non-hydrogen) atoms. The first-order valence-corrected chi connectivity index (χ1v) is 6.54. The van der Waals surface area contributed by atoms with Gasteiger partial charge in [0.15, 0.2) is 0 Å². The largest absolute Gasteiger partial charge is 0.350 e. The van der Waals surface area contributed by atoms with Gasteiger partial charge in [-0.3, -0.25) is 19.3 Å². The minimum Gasteiger partial charge on any atom is -0.350 e. The van der Waals surface area contributed by atoms with Crippen molar-refractivity contribution in [3.63, 3.8) is 0 Å². The molecule has 0 fully saturated rings. The van der Waals surface area contributed by atoms with Gasteiger partial charge in [0.1, 0.15) is 6.54 Å². The lowest BCUT2D eigenvalue weighted by atomic mass is 10.1. The Bertz CT molecular complexity index is 605. The van der Waals surface area contributed by atoms with Gasteiger partial charge in [-0.25, -0.2) is 0 Å². The molecule has 5 nitrogen and oxygen atoms in total. The summed E-state index contributed by atoms with van der Waals surface area (Å²) < 4.78 is 0. The molecule has 0 radical (unpaired) electrons. The minimum atomic E-state index is -0.528. The number of amides is 3. The van der Waals surface area contributed by atoms with Crippen LogP contribution in [-0.4, -0.2) is 34.7 Å². The van der Waals surface area contributed by atoms with Crippen LogP contribution in [0.5, 0.6) is 0 Å². The highest BCUT2D eigenvalue weighted by Crippen LogP contribution is 2.28. The van der Waals surface area contributed by atoms with Crippen molar-refractivity contribution in [2.75, 3.05) is 6.54 Å². The average Bonchev–Trinajstić information content (AvgIpc) is 2.53. The minimum absolute atomic E-state index is 0.169. The van der Waals surface area contributed by atoms with E-state index in [1.807, 2.05) is 20.8 Å². The zero-order chi connectivity index (χ0) is 15.1. The van der Waals surface area contributed by atoms with Crippen molar-refractivity contribution in [2.24, 2.45) is 0 Å². The molecule has 1 N–H and O–H groups in total. The number of hydrogen-bond donors (Lipinski definition) is 1. The third kappa shape index (κ3) is 2.67. The van der Waals surface area contributed by atoms with E-state index >= 15 is 0 Å². The van der Waals surface area contributed by atoms with Crippen LogP contribution in [0.3, 0.4) is 0 Å². The second kappa shape index (κ2) is 4.90. The zero-order valence-electron chi connectivity index (χ0n) is 11.5. The molecule has 1 aliphatic rings. The van der Waals surface area contributed by atoms with Crippen molar-refractivity contribution in [2.45, 2.75) is 26.3 Å². The number of halogens is 1. The maximum absolute atomic E-state index is 12.2. The molecule has 0 unspecified atom stereocenters. The van der Waals surface area contributed by atoms with Crippen LogP contribution in [0.2, 0.25) is 5.02 Å². The molecular formula is C14H15ClN2O3. The molecule has 0 aliphatic carbocycles. The first-order valence-electron chi connectivity index (χ1n) is 6.16. The van der Waals surface area contributed by atoms with Crippen LogP contribution in [0.15, 0.2) is 18.2 Å². The first-order chi connectivity index (χ1) is 9.20. The molecule has 0 bridgehead atoms. The first kappa shape index (κ1) is 14.5. The molecule has 2 rings (SSSR count). The molecule has 3 amide bonds. The summed E-state index contributed by atoms with van der Waals surface area (Å²) in [6.45, 7) is 5.17. The van der Waals surface area contributed by atoms with Crippen LogP contribution in [-0.2, 0) is 4.79 Å². The van der Waals surface area contributed by atoms with E-state index in [2.05, 4.69) is 5.32 Å². The van der Waals surface area contributed by atoms with E-state index in [1.165, 1.54) is 6.07 Å². The van der Waals surface area contributed by atoms with Gasteiger partial charge in [0.25, 0.3) is 11.8 Å². The van der Waals surface area contributed by atoms with Crippen LogP contribution in [0, 0.1) is 0 Å². The number of benzene rings is 1. The van der Waals surface area contributed by atoms with Gasteiger partial charge >= 0.3 is 0 Å². The SMILES string of the molecule is CC(C)(C)NC(=O)CN1C(=O)c2cccc(Cl)c2C1=O. The number of imide groups is 1. The molecular weight excluding hydrogens is 280 g/mol. The summed E-state index contributed by atoms with van der Waals surface area (Å²) in [6.07, 6.45) is 0. The van der Waals surface area contributed by atoms with Crippen molar-refractivity contribution < 1.29 is 14.4 Å². The third-order valence-electron chi connectivity index (χ3n) is 2.76. The fraction of sp³-hybridized carbons (Fsp3) is 0.357. The van der Waals surface area contributed by atoms with Gasteiger partial charge in [-0.05, 0) is 32.9 Å². The number of nitrogens with one attached hydrogen (secondary N) is 1. The number of carbonyl (C=O) groups excluding carboxylic acids is 3. The van der Waals surface area contributed by atoms with E-state index in [0.29, 0.717) is 0 Å². The number of fused-ring (bicyclic) bond motifs is 1. The number of hydrogen-bond acceptors (Lipinski definition) is 3. The van der Waals surface area contributed by atoms with E-state index in [-0.39, 0.29) is 28.6 Å². The highest BCUT2D eigenvalue weighted by Gasteiger charge is 2.38. The Morgan fingerprint density at radius 2 is 1.90 bits per heavy atom. The lowest BCUT2D eigenvalue weighted by molar-refractivity contribution is -0.122. The Labute approximate surface area is 121 Å². The van der Waals surface area contributed by atoms with Crippen molar-refractivity contribution in [1.82, 2.24) is 10.2 Å². The molecule has 0 saturated carbocycles. The van der Waals surface area contributed by atoms with Crippen LogP contribution in [0.4, 0.5) is 0 Å². The summed E-state index contributed by atoms with van der Waals surface area (Å²) >= 11 is 5.94. The van der Waals surface area contributed by atoms with E-state index in [9.17, 15) is 14.4 Å². The van der Waals surface area contributed by atoms with Crippen LogP contribution >= 0.6 is 11.6 Å². The molecule has 1 aliphatic heterocycles. The molecule has 6 heteroatoms. The maximum atomic E-state index is 12.2. The summed E-state index contributed by atoms with van der Waals surface area (Å²) in [5.41, 5.74) is -0.0123. The summed E-state index contributed by atoms with van der Waals surface area (Å²) in [5.74, 6) is -1.40. The predicted octanol–water partition coefficient (Wildman–Crippen LogP) is 1.85. The van der Waals surface area contributed by atoms with Crippen LogP contribution in [0.1, 0.15) is 41.5 Å². The fourth-order valence-corrected chi connectivity index (χ4v) is 2.29. The predicted molar refractivity (Wildman–Crippen MR) is 74.7 cm³/mol. The lowest BCUT2D eigenvalue weighted by Gasteiger charge is -2.22. The summed E-state index contributed by atoms with van der Waals surface area (Å²) in [7, 11) is 0. The van der Waals surface area contributed by atoms with Crippen molar-refractivity contribution in [3.8, 4) is 0 Å². The quantitative estimate of drug-likeness (QED) is 0.847. The molecule has 1 heterocycles. The number of nitrogens with zero attached hydrogens (tertiary/aromatic N) is 1. The summed E-state index contributed by atoms with van der Waals surface area (Å²) in [5, 5.41) is 2.93. The zero-order valence-corrected chi connectivity index (χ0v) is 12.2. The van der Waals surface area contributed by atoms with Crippen molar-refractivity contribution in [1.29, 1.82) is 0 Å². The highest BCUT2D eigenvalue weighted by molar-refractivity contribution is 6.37. The number of rotatable bonds is 2. The van der Waals surface area contributed by atoms with Crippen LogP contribution in [0.25, 0.3) is 0 Å². The van der Waals surface area contributed by atoms with Gasteiger partial charge in [-0.1, -0.05) is 17.7 Å². The fourth-order valence-electron chi connectivity index (χ4n) is 2.04. The van der Waals surface area contributed by atoms with E-state index in [0.717, 1.165) is 4.90 Å². The molecule has 0 saturated heterocycles. The van der Waals surface area contributed by atoms with Gasteiger partial charge in [-0.15, -0.1) is 0 Å². The highest BCUT2D eigenvalue weighted by atomic mass is 35.5. The van der Waals surface area contributed by atoms with Gasteiger partial charge in [0.05, 0.1) is 16.1 Å². The topological polar surface area (TPSA) is 66.5 Å². The van der Waals surface area contributed by atoms with Crippen molar-refractivity contribution in [3.05, 3.63) is 34.3 Å². The Morgan fingerprint density at radius 3 is 2.45 bits per heavy atom. The Kier molecular flexibility index (Phi) is 3.56. The van der Waals surface area contributed by atoms with Gasteiger partial charge in [-0.2, -0.15) is 0 Å². The van der Waals surface area contributed by atoms with E-state index < -0.39 is 17.4 Å². The normalized spacial score (nSPS) is 14.5. The van der Waals surface area contributed by atoms with Gasteiger partial charge < -0.3 is 5.32 Å². The molecule has 0 aromatic heterocycles. The summed E-state index contributed by atoms with van der Waals surface area (Å²) in [4.78, 5) is 37.1. The molecule has 106 valence electrons. The smallest absolute Gasteiger partial charge is 0.263 e. The second-order valence-corrected chi connectivity index (χ2v) is 6.06. The van der Waals surface area contributed by atoms with E-state index in [4.69, 9.17) is 11.6 Å². The molecule has 0 atom stereocenters. The van der Waals surface area contributed by atoms with Crippen molar-refractivity contribution >= 4 is 29.3 Å². The Hall–Kier alpha value is -1.88. The van der Waals surface area contributed by atoms with Gasteiger partial charge in [0.2, 0.25) is 5.91 Å². The Morgan fingerprint density at radius 1 is 1.25 bits per heavy atom. The monoisotopic (exact) mass is 294 g/mol. The van der Waals surface area contributed by atoms with Gasteiger partial charge in [0, 0.05) is 5.54 Å². The number of carbonyl (C=O) groups is 3. The Balaban J connectivity index is 2.21. The summed E-state index contributed by atoms with van der Waals surface area (Å²) in [6, 6.07) is 4.68. The second-order valence-electron chi connectivity index (χ2n) is 5.66. The standard InChI is InChI=1S/C14H15ClN2O3/c1-14(2,3)16-10(18)7-17-12(19)8-5-4-6-9(15)11(8)13(17)20/h4-6H,7H2,1-3H3,(H,16,18). The lowest BCUT2D eigenvalue weighted by Crippen LogP contribution is -2.47. The average molecular weight is 295 g/mol. The third-order valence-corrected chi connectivity index (χ3v) is 3.08. The maximum Gasteiger partial charge on any atom is 0.263 e. The molecule has 1 aromatic carbocycles.